The molecule has 0 amide bonds. The Morgan fingerprint density at radius 2 is 2.03 bits per heavy atom. The SMILES string of the molecule is COC(=O)c1ccc(N2CCN(Cc3cc(=O)n4nc(C)sc4n3)C(C)C2)cc1. The van der Waals surface area contributed by atoms with E-state index in [1.807, 2.05) is 19.1 Å². The maximum Gasteiger partial charge on any atom is 0.337 e. The molecule has 1 atom stereocenters. The average molecular weight is 414 g/mol. The number of hydrogen-bond donors (Lipinski definition) is 0. The molecule has 29 heavy (non-hydrogen) atoms. The van der Waals surface area contributed by atoms with E-state index in [1.165, 1.54) is 23.0 Å². The lowest BCUT2D eigenvalue weighted by molar-refractivity contribution is 0.0600. The van der Waals surface area contributed by atoms with E-state index >= 15 is 0 Å². The normalized spacial score (nSPS) is 17.6. The number of fused-ring (bicyclic) bond motifs is 1. The highest BCUT2D eigenvalue weighted by Crippen LogP contribution is 2.21. The zero-order valence-electron chi connectivity index (χ0n) is 16.7. The van der Waals surface area contributed by atoms with Crippen LogP contribution in [0.25, 0.3) is 4.96 Å². The topological polar surface area (TPSA) is 80.0 Å². The lowest BCUT2D eigenvalue weighted by Crippen LogP contribution is -2.51. The van der Waals surface area contributed by atoms with E-state index < -0.39 is 0 Å². The number of carbonyl (C=O) groups excluding carboxylic acids is 1. The Morgan fingerprint density at radius 1 is 1.28 bits per heavy atom. The van der Waals surface area contributed by atoms with E-state index in [0.717, 1.165) is 36.0 Å². The molecule has 3 heterocycles. The van der Waals surface area contributed by atoms with Crippen molar-refractivity contribution in [2.24, 2.45) is 0 Å². The first-order chi connectivity index (χ1) is 13.9. The van der Waals surface area contributed by atoms with Crippen molar-refractivity contribution in [2.75, 3.05) is 31.6 Å². The fourth-order valence-corrected chi connectivity index (χ4v) is 4.40. The third-order valence-corrected chi connectivity index (χ3v) is 6.01. The molecule has 1 aromatic carbocycles. The molecular formula is C20H23N5O3S. The number of carbonyl (C=O) groups is 1. The molecular weight excluding hydrogens is 390 g/mol. The summed E-state index contributed by atoms with van der Waals surface area (Å²) >= 11 is 1.43. The van der Waals surface area contributed by atoms with Gasteiger partial charge in [0.25, 0.3) is 5.56 Å². The standard InChI is InChI=1S/C20H23N5O3S/c1-13-11-24(17-6-4-15(5-7-17)19(27)28-3)9-8-23(13)12-16-10-18(26)25-20(21-16)29-14(2)22-25/h4-7,10,13H,8-9,11-12H2,1-3H3. The number of hydrogen-bond acceptors (Lipinski definition) is 8. The number of anilines is 1. The molecule has 9 heteroatoms. The third kappa shape index (κ3) is 4.01. The first kappa shape index (κ1) is 19.5. The van der Waals surface area contributed by atoms with Crippen molar-refractivity contribution in [3.05, 3.63) is 57.0 Å². The number of aromatic nitrogens is 3. The number of rotatable bonds is 4. The fourth-order valence-electron chi connectivity index (χ4n) is 3.63. The molecule has 2 aromatic heterocycles. The molecule has 1 unspecified atom stereocenters. The zero-order valence-corrected chi connectivity index (χ0v) is 17.5. The minimum Gasteiger partial charge on any atom is -0.465 e. The van der Waals surface area contributed by atoms with Gasteiger partial charge in [-0.1, -0.05) is 11.3 Å². The van der Waals surface area contributed by atoms with E-state index in [1.54, 1.807) is 18.2 Å². The first-order valence-electron chi connectivity index (χ1n) is 9.48. The number of benzene rings is 1. The molecule has 0 N–H and O–H groups in total. The zero-order chi connectivity index (χ0) is 20.5. The summed E-state index contributed by atoms with van der Waals surface area (Å²) in [6.07, 6.45) is 0. The summed E-state index contributed by atoms with van der Waals surface area (Å²) in [6.45, 7) is 7.28. The second-order valence-electron chi connectivity index (χ2n) is 7.21. The van der Waals surface area contributed by atoms with Crippen LogP contribution in [0.4, 0.5) is 5.69 Å². The van der Waals surface area contributed by atoms with Gasteiger partial charge in [-0.05, 0) is 38.1 Å². The summed E-state index contributed by atoms with van der Waals surface area (Å²) < 4.78 is 6.12. The number of ether oxygens (including phenoxy) is 1. The molecule has 3 aromatic rings. The molecule has 1 fully saturated rings. The second-order valence-corrected chi connectivity index (χ2v) is 8.37. The lowest BCUT2D eigenvalue weighted by Gasteiger charge is -2.40. The van der Waals surface area contributed by atoms with Crippen LogP contribution < -0.4 is 10.5 Å². The largest absolute Gasteiger partial charge is 0.465 e. The lowest BCUT2D eigenvalue weighted by atomic mass is 10.1. The van der Waals surface area contributed by atoms with Crippen LogP contribution >= 0.6 is 11.3 Å². The highest BCUT2D eigenvalue weighted by atomic mass is 32.1. The molecule has 0 spiro atoms. The van der Waals surface area contributed by atoms with Crippen molar-refractivity contribution in [1.82, 2.24) is 19.5 Å². The quantitative estimate of drug-likeness (QED) is 0.605. The molecule has 152 valence electrons. The van der Waals surface area contributed by atoms with Gasteiger partial charge in [-0.15, -0.1) is 0 Å². The minimum atomic E-state index is -0.328. The smallest absolute Gasteiger partial charge is 0.337 e. The number of nitrogens with zero attached hydrogens (tertiary/aromatic N) is 5. The van der Waals surface area contributed by atoms with Crippen molar-refractivity contribution in [3.63, 3.8) is 0 Å². The number of piperazine rings is 1. The second kappa shape index (κ2) is 7.92. The summed E-state index contributed by atoms with van der Waals surface area (Å²) in [4.78, 5) is 33.8. The Morgan fingerprint density at radius 3 is 2.72 bits per heavy atom. The van der Waals surface area contributed by atoms with Gasteiger partial charge >= 0.3 is 5.97 Å². The Bertz CT molecular complexity index is 1090. The maximum atomic E-state index is 12.3. The van der Waals surface area contributed by atoms with Crippen LogP contribution in [0, 0.1) is 6.92 Å². The van der Waals surface area contributed by atoms with Crippen molar-refractivity contribution >= 4 is 28.0 Å². The minimum absolute atomic E-state index is 0.133. The molecule has 1 aliphatic heterocycles. The van der Waals surface area contributed by atoms with Crippen LogP contribution in [-0.4, -0.2) is 58.3 Å². The summed E-state index contributed by atoms with van der Waals surface area (Å²) in [5.41, 5.74) is 2.28. The highest BCUT2D eigenvalue weighted by Gasteiger charge is 2.25. The molecule has 8 nitrogen and oxygen atoms in total. The van der Waals surface area contributed by atoms with Gasteiger partial charge in [-0.2, -0.15) is 9.61 Å². The van der Waals surface area contributed by atoms with E-state index in [-0.39, 0.29) is 11.5 Å². The van der Waals surface area contributed by atoms with Crippen LogP contribution in [0.5, 0.6) is 0 Å². The molecule has 0 saturated carbocycles. The van der Waals surface area contributed by atoms with Gasteiger partial charge in [0.1, 0.15) is 5.01 Å². The fraction of sp³-hybridized carbons (Fsp3) is 0.400. The number of esters is 1. The van der Waals surface area contributed by atoms with Crippen molar-refractivity contribution in [1.29, 1.82) is 0 Å². The first-order valence-corrected chi connectivity index (χ1v) is 10.3. The van der Waals surface area contributed by atoms with E-state index in [4.69, 9.17) is 4.74 Å². The van der Waals surface area contributed by atoms with E-state index in [9.17, 15) is 9.59 Å². The van der Waals surface area contributed by atoms with E-state index in [2.05, 4.69) is 26.8 Å². The van der Waals surface area contributed by atoms with Gasteiger partial charge in [0.05, 0.1) is 18.4 Å². The molecule has 1 aliphatic rings. The summed E-state index contributed by atoms with van der Waals surface area (Å²) in [7, 11) is 1.38. The van der Waals surface area contributed by atoms with Gasteiger partial charge in [-0.3, -0.25) is 9.69 Å². The Hall–Kier alpha value is -2.78. The average Bonchev–Trinajstić information content (AvgIpc) is 3.10. The van der Waals surface area contributed by atoms with Gasteiger partial charge < -0.3 is 9.64 Å². The van der Waals surface area contributed by atoms with Gasteiger partial charge in [0, 0.05) is 44.0 Å². The Kier molecular flexibility index (Phi) is 5.33. The number of methoxy groups -OCH3 is 1. The molecule has 0 bridgehead atoms. The predicted octanol–water partition coefficient (Wildman–Crippen LogP) is 1.96. The molecule has 4 rings (SSSR count). The monoisotopic (exact) mass is 413 g/mol. The highest BCUT2D eigenvalue weighted by molar-refractivity contribution is 7.16. The van der Waals surface area contributed by atoms with Gasteiger partial charge in [0.15, 0.2) is 0 Å². The Labute approximate surface area is 172 Å². The van der Waals surface area contributed by atoms with Crippen LogP contribution in [0.2, 0.25) is 0 Å². The van der Waals surface area contributed by atoms with Gasteiger partial charge in [0.2, 0.25) is 4.96 Å². The summed E-state index contributed by atoms with van der Waals surface area (Å²) in [5, 5.41) is 5.02. The van der Waals surface area contributed by atoms with Crippen LogP contribution in [0.1, 0.15) is 28.0 Å². The third-order valence-electron chi connectivity index (χ3n) is 5.18. The molecule has 1 saturated heterocycles. The maximum absolute atomic E-state index is 12.3. The predicted molar refractivity (Wildman–Crippen MR) is 112 cm³/mol. The van der Waals surface area contributed by atoms with Gasteiger partial charge in [-0.25, -0.2) is 9.78 Å². The number of aryl methyl sites for hydroxylation is 1. The van der Waals surface area contributed by atoms with Crippen molar-refractivity contribution in [3.8, 4) is 0 Å². The van der Waals surface area contributed by atoms with Crippen molar-refractivity contribution in [2.45, 2.75) is 26.4 Å². The molecule has 0 aliphatic carbocycles. The van der Waals surface area contributed by atoms with E-state index in [0.29, 0.717) is 23.1 Å². The summed E-state index contributed by atoms with van der Waals surface area (Å²) in [5.74, 6) is -0.328. The Balaban J connectivity index is 1.44. The van der Waals surface area contributed by atoms with Crippen LogP contribution in [-0.2, 0) is 11.3 Å². The summed E-state index contributed by atoms with van der Waals surface area (Å²) in [6, 6.07) is 9.38. The molecule has 0 radical (unpaired) electrons. The van der Waals surface area contributed by atoms with Crippen LogP contribution in [0.3, 0.4) is 0 Å². The van der Waals surface area contributed by atoms with Crippen LogP contribution in [0.15, 0.2) is 35.1 Å². The van der Waals surface area contributed by atoms with Crippen molar-refractivity contribution < 1.29 is 9.53 Å².